The number of nitrogens with one attached hydrogen (secondary N) is 1. The maximum absolute atomic E-state index is 11.8. The molecule has 2 aromatic heterocycles. The molecule has 0 saturated carbocycles. The molecule has 1 fully saturated rings. The van der Waals surface area contributed by atoms with Crippen molar-refractivity contribution in [1.29, 1.82) is 0 Å². The minimum atomic E-state index is -3.20. The molecule has 4 heterocycles. The Morgan fingerprint density at radius 1 is 1.18 bits per heavy atom. The molecular weight excluding hydrogens is 454 g/mol. The van der Waals surface area contributed by atoms with E-state index in [1.807, 2.05) is 35.3 Å². The van der Waals surface area contributed by atoms with E-state index in [1.54, 1.807) is 19.5 Å². The van der Waals surface area contributed by atoms with Gasteiger partial charge in [-0.15, -0.1) is 0 Å². The van der Waals surface area contributed by atoms with Crippen molar-refractivity contribution in [2.24, 2.45) is 5.10 Å². The molecule has 34 heavy (non-hydrogen) atoms. The number of nitrogens with zero attached hydrogens (tertiary/aromatic N) is 6. The highest BCUT2D eigenvalue weighted by atomic mass is 32.2. The minimum Gasteiger partial charge on any atom is -0.496 e. The quantitative estimate of drug-likeness (QED) is 0.683. The fourth-order valence-corrected chi connectivity index (χ4v) is 4.63. The van der Waals surface area contributed by atoms with Crippen LogP contribution < -0.4 is 15.1 Å². The van der Waals surface area contributed by atoms with Crippen molar-refractivity contribution in [3.05, 3.63) is 72.5 Å². The Morgan fingerprint density at radius 2 is 1.97 bits per heavy atom. The molecule has 1 saturated heterocycles. The van der Waals surface area contributed by atoms with Crippen molar-refractivity contribution >= 4 is 27.1 Å². The lowest BCUT2D eigenvalue weighted by atomic mass is 10.0. The highest BCUT2D eigenvalue weighted by Crippen LogP contribution is 2.28. The van der Waals surface area contributed by atoms with Crippen molar-refractivity contribution in [3.8, 4) is 5.75 Å². The third kappa shape index (κ3) is 5.32. The highest BCUT2D eigenvalue weighted by Gasteiger charge is 2.24. The lowest BCUT2D eigenvalue weighted by molar-refractivity contribution is 0.387. The van der Waals surface area contributed by atoms with Crippen molar-refractivity contribution < 1.29 is 13.2 Å². The van der Waals surface area contributed by atoms with Gasteiger partial charge >= 0.3 is 0 Å². The molecule has 0 atom stereocenters. The number of ether oxygens (including phenoxy) is 1. The van der Waals surface area contributed by atoms with Gasteiger partial charge in [0, 0.05) is 50.2 Å². The number of hydrazone groups is 1. The second-order valence-electron chi connectivity index (χ2n) is 7.84. The summed E-state index contributed by atoms with van der Waals surface area (Å²) < 4.78 is 30.6. The van der Waals surface area contributed by atoms with Crippen molar-refractivity contribution in [3.63, 3.8) is 0 Å². The second-order valence-corrected chi connectivity index (χ2v) is 9.82. The van der Waals surface area contributed by atoms with E-state index in [2.05, 4.69) is 32.1 Å². The summed E-state index contributed by atoms with van der Waals surface area (Å²) in [5.41, 5.74) is 6.63. The first-order valence-corrected chi connectivity index (χ1v) is 12.6. The summed E-state index contributed by atoms with van der Waals surface area (Å²) in [6, 6.07) is 3.66. The van der Waals surface area contributed by atoms with Crippen LogP contribution in [-0.2, 0) is 10.0 Å². The fraction of sp³-hybridized carbons (Fsp3) is 0.304. The van der Waals surface area contributed by atoms with E-state index >= 15 is 0 Å². The molecule has 10 nitrogen and oxygen atoms in total. The van der Waals surface area contributed by atoms with Crippen LogP contribution in [0.3, 0.4) is 0 Å². The number of anilines is 1. The Labute approximate surface area is 199 Å². The first kappa shape index (κ1) is 23.6. The van der Waals surface area contributed by atoms with E-state index in [4.69, 9.17) is 4.74 Å². The first-order chi connectivity index (χ1) is 16.4. The van der Waals surface area contributed by atoms with Crippen LogP contribution in [0, 0.1) is 0 Å². The molecule has 1 N–H and O–H groups in total. The van der Waals surface area contributed by atoms with E-state index in [-0.39, 0.29) is 0 Å². The van der Waals surface area contributed by atoms with Gasteiger partial charge in [-0.2, -0.15) is 9.41 Å². The van der Waals surface area contributed by atoms with Crippen LogP contribution in [0.2, 0.25) is 0 Å². The summed E-state index contributed by atoms with van der Waals surface area (Å²) in [5, 5.41) is 4.52. The van der Waals surface area contributed by atoms with Gasteiger partial charge in [-0.05, 0) is 23.3 Å². The van der Waals surface area contributed by atoms with E-state index in [1.165, 1.54) is 16.9 Å². The molecule has 11 heteroatoms. The number of allylic oxidation sites excluding steroid dienone is 4. The average Bonchev–Trinajstić information content (AvgIpc) is 2.94. The summed E-state index contributed by atoms with van der Waals surface area (Å²) in [5.74, 6) is 1.42. The Bertz CT molecular complexity index is 1260. The summed E-state index contributed by atoms with van der Waals surface area (Å²) >= 11 is 0. The predicted octanol–water partition coefficient (Wildman–Crippen LogP) is 1.47. The third-order valence-corrected chi connectivity index (χ3v) is 6.87. The van der Waals surface area contributed by atoms with Gasteiger partial charge in [0.2, 0.25) is 10.0 Å². The van der Waals surface area contributed by atoms with Crippen LogP contribution in [0.25, 0.3) is 5.57 Å². The summed E-state index contributed by atoms with van der Waals surface area (Å²) in [6.07, 6.45) is 12.0. The zero-order valence-electron chi connectivity index (χ0n) is 19.2. The Balaban J connectivity index is 1.61. The van der Waals surface area contributed by atoms with Gasteiger partial charge < -0.3 is 15.1 Å². The van der Waals surface area contributed by atoms with E-state index in [9.17, 15) is 8.42 Å². The Kier molecular flexibility index (Phi) is 7.03. The number of sulfonamides is 1. The lowest BCUT2D eigenvalue weighted by Gasteiger charge is -2.34. The van der Waals surface area contributed by atoms with Gasteiger partial charge in [-0.3, -0.25) is 4.98 Å². The predicted molar refractivity (Wildman–Crippen MR) is 132 cm³/mol. The van der Waals surface area contributed by atoms with Crippen molar-refractivity contribution in [2.75, 3.05) is 51.0 Å². The molecule has 2 aliphatic heterocycles. The number of hydrogen-bond donors (Lipinski definition) is 1. The molecule has 2 aromatic rings. The van der Waals surface area contributed by atoms with Gasteiger partial charge in [0.05, 0.1) is 25.6 Å². The normalized spacial score (nSPS) is 20.2. The first-order valence-electron chi connectivity index (χ1n) is 10.8. The molecule has 2 aliphatic rings. The summed E-state index contributed by atoms with van der Waals surface area (Å²) in [4.78, 5) is 15.1. The maximum atomic E-state index is 11.8. The van der Waals surface area contributed by atoms with Crippen molar-refractivity contribution in [1.82, 2.24) is 24.7 Å². The van der Waals surface area contributed by atoms with Gasteiger partial charge in [0.15, 0.2) is 0 Å². The third-order valence-electron chi connectivity index (χ3n) is 5.57. The molecule has 0 bridgehead atoms. The van der Waals surface area contributed by atoms with Crippen molar-refractivity contribution in [2.45, 2.75) is 0 Å². The van der Waals surface area contributed by atoms with Crippen LogP contribution in [0.15, 0.2) is 66.3 Å². The molecule has 4 rings (SSSR count). The zero-order valence-corrected chi connectivity index (χ0v) is 20.0. The summed E-state index contributed by atoms with van der Waals surface area (Å²) in [6.45, 7) is 6.67. The number of pyridine rings is 1. The van der Waals surface area contributed by atoms with Gasteiger partial charge in [0.25, 0.3) is 0 Å². The number of rotatable bonds is 5. The highest BCUT2D eigenvalue weighted by molar-refractivity contribution is 7.88. The Morgan fingerprint density at radius 3 is 2.71 bits per heavy atom. The molecular formula is C23H27N7O3S. The van der Waals surface area contributed by atoms with Crippen LogP contribution >= 0.6 is 0 Å². The smallest absolute Gasteiger partial charge is 0.211 e. The standard InChI is InChI=1S/C23H27N7O3S/c1-17-13-18(19-15-24-8-6-21(19)33-2)5-4-7-27-28-23(17)20-14-22(26-16-25-20)29-9-11-30(12-10-29)34(3,31)32/h4-6,8,13-16,27H,1,7,9-12H2,2-3H3/b5-4-,18-13+,28-23?. The number of piperazine rings is 1. The molecule has 0 spiro atoms. The van der Waals surface area contributed by atoms with Crippen LogP contribution in [-0.4, -0.2) is 79.5 Å². The van der Waals surface area contributed by atoms with Crippen LogP contribution in [0.1, 0.15) is 11.3 Å². The molecule has 0 aliphatic carbocycles. The molecule has 0 unspecified atom stereocenters. The fourth-order valence-electron chi connectivity index (χ4n) is 3.80. The molecule has 178 valence electrons. The number of aromatic nitrogens is 3. The molecule has 0 amide bonds. The van der Waals surface area contributed by atoms with Gasteiger partial charge in [-0.1, -0.05) is 18.7 Å². The monoisotopic (exact) mass is 481 g/mol. The zero-order chi connectivity index (χ0) is 24.1. The van der Waals surface area contributed by atoms with E-state index in [0.29, 0.717) is 61.3 Å². The topological polar surface area (TPSA) is 113 Å². The maximum Gasteiger partial charge on any atom is 0.211 e. The van der Waals surface area contributed by atoms with E-state index < -0.39 is 10.0 Å². The van der Waals surface area contributed by atoms with Crippen LogP contribution in [0.4, 0.5) is 5.82 Å². The lowest BCUT2D eigenvalue weighted by Crippen LogP contribution is -2.48. The SMILES string of the molecule is C=C1/C=C(c2cnccc2OC)\C=C/CNN=C1c1cc(N2CCN(S(C)(=O)=O)CC2)ncn1. The Hall–Kier alpha value is -3.57. The minimum absolute atomic E-state index is 0.415. The van der Waals surface area contributed by atoms with Gasteiger partial charge in [0.1, 0.15) is 23.6 Å². The number of hydrogen-bond acceptors (Lipinski definition) is 9. The summed E-state index contributed by atoms with van der Waals surface area (Å²) in [7, 11) is -1.57. The van der Waals surface area contributed by atoms with E-state index in [0.717, 1.165) is 11.1 Å². The van der Waals surface area contributed by atoms with Crippen LogP contribution in [0.5, 0.6) is 5.75 Å². The number of methoxy groups -OCH3 is 1. The second kappa shape index (κ2) is 10.1. The largest absolute Gasteiger partial charge is 0.496 e. The molecule has 0 aromatic carbocycles. The van der Waals surface area contributed by atoms with Gasteiger partial charge in [-0.25, -0.2) is 18.4 Å². The average molecular weight is 482 g/mol. The molecule has 0 radical (unpaired) electrons.